The molecule has 0 aliphatic carbocycles. The molecule has 0 saturated carbocycles. The monoisotopic (exact) mass is 241 g/mol. The maximum absolute atomic E-state index is 7.48. The summed E-state index contributed by atoms with van der Waals surface area (Å²) < 4.78 is 50.2. The van der Waals surface area contributed by atoms with Crippen LogP contribution in [0, 0.1) is 0 Å². The molecular formula is C13H21N3O. The number of nitrogen functional groups attached to an aromatic ring is 1. The molecule has 0 aromatic carbocycles. The van der Waals surface area contributed by atoms with Crippen molar-refractivity contribution >= 4 is 5.82 Å². The molecule has 1 fully saturated rings. The standard InChI is InChI=1S/C13H21N3O/c1-16(2)9-12-11(3-4-13(14)15-12)10-5-7-17-8-6-10/h3-4,10H,5-9H2,1-2H3,(H2,14,15)/i1D3,2D3. The largest absolute Gasteiger partial charge is 0.384 e. The predicted molar refractivity (Wildman–Crippen MR) is 68.8 cm³/mol. The molecule has 1 aliphatic rings. The Bertz CT molecular complexity index is 525. The minimum absolute atomic E-state index is 0.168. The highest BCUT2D eigenvalue weighted by atomic mass is 16.5. The normalized spacial score (nSPS) is 24.3. The van der Waals surface area contributed by atoms with Crippen LogP contribution < -0.4 is 5.73 Å². The van der Waals surface area contributed by atoms with Crippen molar-refractivity contribution in [2.24, 2.45) is 0 Å². The molecule has 0 bridgehead atoms. The molecular weight excluding hydrogens is 214 g/mol. The fraction of sp³-hybridized carbons (Fsp3) is 0.615. The van der Waals surface area contributed by atoms with Gasteiger partial charge >= 0.3 is 0 Å². The lowest BCUT2D eigenvalue weighted by Gasteiger charge is -2.25. The molecule has 0 amide bonds. The second-order valence-electron chi connectivity index (χ2n) is 4.24. The van der Waals surface area contributed by atoms with E-state index in [1.807, 2.05) is 6.07 Å². The van der Waals surface area contributed by atoms with Crippen molar-refractivity contribution in [1.29, 1.82) is 0 Å². The Labute approximate surface area is 111 Å². The summed E-state index contributed by atoms with van der Waals surface area (Å²) in [5.74, 6) is 0.411. The number of nitrogens with two attached hydrogens (primary N) is 1. The van der Waals surface area contributed by atoms with E-state index >= 15 is 0 Å². The minimum Gasteiger partial charge on any atom is -0.384 e. The molecule has 1 saturated heterocycles. The highest BCUT2D eigenvalue weighted by Gasteiger charge is 2.19. The summed E-state index contributed by atoms with van der Waals surface area (Å²) in [7, 11) is 0. The van der Waals surface area contributed by atoms with Crippen molar-refractivity contribution in [2.75, 3.05) is 32.9 Å². The molecule has 0 spiro atoms. The fourth-order valence-corrected chi connectivity index (χ4v) is 2.19. The summed E-state index contributed by atoms with van der Waals surface area (Å²) in [4.78, 5) is 4.72. The zero-order chi connectivity index (χ0) is 17.3. The van der Waals surface area contributed by atoms with Gasteiger partial charge in [-0.05, 0) is 44.3 Å². The van der Waals surface area contributed by atoms with E-state index in [4.69, 9.17) is 18.7 Å². The van der Waals surface area contributed by atoms with Crippen LogP contribution in [-0.4, -0.2) is 37.0 Å². The summed E-state index contributed by atoms with van der Waals surface area (Å²) in [6.45, 7) is -4.55. The molecule has 1 aliphatic heterocycles. The number of hydrogen-bond donors (Lipinski definition) is 1. The quantitative estimate of drug-likeness (QED) is 0.873. The number of aromatic nitrogens is 1. The van der Waals surface area contributed by atoms with Crippen LogP contribution in [0.4, 0.5) is 5.82 Å². The number of ether oxygens (including phenoxy) is 1. The van der Waals surface area contributed by atoms with Crippen molar-refractivity contribution in [1.82, 2.24) is 9.88 Å². The number of pyridine rings is 1. The van der Waals surface area contributed by atoms with Crippen LogP contribution >= 0.6 is 0 Å². The zero-order valence-electron chi connectivity index (χ0n) is 15.6. The van der Waals surface area contributed by atoms with Gasteiger partial charge in [-0.15, -0.1) is 0 Å². The van der Waals surface area contributed by atoms with Crippen LogP contribution in [0.15, 0.2) is 12.1 Å². The van der Waals surface area contributed by atoms with Crippen molar-refractivity contribution in [3.8, 4) is 0 Å². The molecule has 2 N–H and O–H groups in total. The molecule has 17 heavy (non-hydrogen) atoms. The van der Waals surface area contributed by atoms with E-state index in [0.29, 0.717) is 23.8 Å². The van der Waals surface area contributed by atoms with Gasteiger partial charge in [0.1, 0.15) is 5.82 Å². The van der Waals surface area contributed by atoms with Gasteiger partial charge in [0.2, 0.25) is 0 Å². The lowest BCUT2D eigenvalue weighted by molar-refractivity contribution is 0.0849. The highest BCUT2D eigenvalue weighted by molar-refractivity contribution is 5.36. The highest BCUT2D eigenvalue weighted by Crippen LogP contribution is 2.29. The van der Waals surface area contributed by atoms with Crippen LogP contribution in [0.1, 0.15) is 38.2 Å². The van der Waals surface area contributed by atoms with Gasteiger partial charge in [-0.3, -0.25) is 0 Å². The Morgan fingerprint density at radius 1 is 1.47 bits per heavy atom. The van der Waals surface area contributed by atoms with E-state index < -0.39 is 14.0 Å². The molecule has 0 radical (unpaired) electrons. The first-order valence-electron chi connectivity index (χ1n) is 8.70. The molecule has 94 valence electrons. The van der Waals surface area contributed by atoms with Gasteiger partial charge < -0.3 is 15.4 Å². The van der Waals surface area contributed by atoms with E-state index in [-0.39, 0.29) is 18.3 Å². The molecule has 0 atom stereocenters. The van der Waals surface area contributed by atoms with E-state index in [1.165, 1.54) is 0 Å². The Morgan fingerprint density at radius 2 is 2.24 bits per heavy atom. The van der Waals surface area contributed by atoms with Crippen molar-refractivity contribution in [3.63, 3.8) is 0 Å². The number of hydrogen-bond acceptors (Lipinski definition) is 4. The van der Waals surface area contributed by atoms with E-state index in [1.54, 1.807) is 6.07 Å². The first kappa shape index (κ1) is 6.71. The maximum atomic E-state index is 7.48. The third-order valence-corrected chi connectivity index (χ3v) is 3.00. The third kappa shape index (κ3) is 3.17. The smallest absolute Gasteiger partial charge is 0.123 e. The van der Waals surface area contributed by atoms with Gasteiger partial charge in [0.05, 0.1) is 5.69 Å². The zero-order valence-corrected chi connectivity index (χ0v) is 9.65. The van der Waals surface area contributed by atoms with Crippen LogP contribution in [0.3, 0.4) is 0 Å². The third-order valence-electron chi connectivity index (χ3n) is 3.00. The summed E-state index contributed by atoms with van der Waals surface area (Å²) in [6, 6.07) is 3.47. The molecule has 1 aromatic rings. The van der Waals surface area contributed by atoms with Crippen LogP contribution in [0.2, 0.25) is 0 Å². The van der Waals surface area contributed by atoms with Crippen LogP contribution in [0.25, 0.3) is 0 Å². The Balaban J connectivity index is 2.35. The lowest BCUT2D eigenvalue weighted by atomic mass is 9.90. The molecule has 0 unspecified atom stereocenters. The Morgan fingerprint density at radius 3 is 2.94 bits per heavy atom. The Hall–Kier alpha value is -1.13. The SMILES string of the molecule is [2H]C([2H])([2H])N(Cc1nc(N)ccc1C1CCOCC1)C([2H])([2H])[2H]. The van der Waals surface area contributed by atoms with Crippen molar-refractivity contribution in [3.05, 3.63) is 23.4 Å². The van der Waals surface area contributed by atoms with Gasteiger partial charge in [-0.2, -0.15) is 0 Å². The minimum atomic E-state index is -2.75. The first-order chi connectivity index (χ1) is 10.6. The summed E-state index contributed by atoms with van der Waals surface area (Å²) in [5, 5.41) is 0. The van der Waals surface area contributed by atoms with Crippen molar-refractivity contribution < 1.29 is 13.0 Å². The average molecular weight is 241 g/mol. The van der Waals surface area contributed by atoms with Gasteiger partial charge in [0, 0.05) is 28.0 Å². The van der Waals surface area contributed by atoms with Crippen LogP contribution in [-0.2, 0) is 11.3 Å². The predicted octanol–water partition coefficient (Wildman–Crippen LogP) is 1.62. The second-order valence-corrected chi connectivity index (χ2v) is 4.24. The molecule has 2 heterocycles. The van der Waals surface area contributed by atoms with Crippen molar-refractivity contribution in [2.45, 2.75) is 25.3 Å². The number of rotatable bonds is 3. The van der Waals surface area contributed by atoms with Gasteiger partial charge in [-0.25, -0.2) is 4.98 Å². The summed E-state index contributed by atoms with van der Waals surface area (Å²) >= 11 is 0. The molecule has 2 rings (SSSR count). The maximum Gasteiger partial charge on any atom is 0.123 e. The topological polar surface area (TPSA) is 51.4 Å². The van der Waals surface area contributed by atoms with E-state index in [9.17, 15) is 0 Å². The van der Waals surface area contributed by atoms with E-state index in [0.717, 1.165) is 18.4 Å². The molecule has 1 aromatic heterocycles. The van der Waals surface area contributed by atoms with Crippen LogP contribution in [0.5, 0.6) is 0 Å². The van der Waals surface area contributed by atoms with Gasteiger partial charge in [0.25, 0.3) is 0 Å². The second kappa shape index (κ2) is 5.47. The summed E-state index contributed by atoms with van der Waals surface area (Å²) in [6.07, 6.45) is 1.58. The Kier molecular flexibility index (Phi) is 2.16. The first-order valence-corrected chi connectivity index (χ1v) is 5.70. The molecule has 4 nitrogen and oxygen atoms in total. The average Bonchev–Trinajstić information content (AvgIpc) is 2.43. The number of nitrogens with zero attached hydrogens (tertiary/aromatic N) is 2. The fourth-order valence-electron chi connectivity index (χ4n) is 2.19. The van der Waals surface area contributed by atoms with E-state index in [2.05, 4.69) is 4.98 Å². The van der Waals surface area contributed by atoms with Gasteiger partial charge in [0.15, 0.2) is 0 Å². The van der Waals surface area contributed by atoms with Gasteiger partial charge in [-0.1, -0.05) is 6.07 Å². The summed E-state index contributed by atoms with van der Waals surface area (Å²) in [5.41, 5.74) is 6.97. The number of anilines is 1. The molecule has 4 heteroatoms. The lowest BCUT2D eigenvalue weighted by Crippen LogP contribution is -2.19.